The largest absolute Gasteiger partial charge is 0.497 e. The minimum Gasteiger partial charge on any atom is -0.497 e. The van der Waals surface area contributed by atoms with Gasteiger partial charge in [-0.25, -0.2) is 8.42 Å². The SMILES string of the molecule is COc1ccc(N(C(=O)c2ccc3c(c2)OCO3)[C@H]2C=CS(=O)(=O)C2)cc1. The van der Waals surface area contributed by atoms with Gasteiger partial charge in [-0.2, -0.15) is 0 Å². The van der Waals surface area contributed by atoms with E-state index in [1.54, 1.807) is 49.6 Å². The van der Waals surface area contributed by atoms with Gasteiger partial charge in [-0.3, -0.25) is 4.79 Å². The summed E-state index contributed by atoms with van der Waals surface area (Å²) in [7, 11) is -1.78. The van der Waals surface area contributed by atoms with Crippen molar-refractivity contribution in [2.45, 2.75) is 6.04 Å². The van der Waals surface area contributed by atoms with Crippen LogP contribution in [0.5, 0.6) is 17.2 Å². The third-order valence-electron chi connectivity index (χ3n) is 4.43. The summed E-state index contributed by atoms with van der Waals surface area (Å²) in [6.45, 7) is 0.110. The van der Waals surface area contributed by atoms with Crippen molar-refractivity contribution in [2.24, 2.45) is 0 Å². The fourth-order valence-electron chi connectivity index (χ4n) is 3.09. The Bertz CT molecular complexity index is 1010. The second-order valence-corrected chi connectivity index (χ2v) is 8.10. The first-order valence-electron chi connectivity index (χ1n) is 8.25. The first-order chi connectivity index (χ1) is 13.0. The highest BCUT2D eigenvalue weighted by Crippen LogP contribution is 2.34. The van der Waals surface area contributed by atoms with Crippen molar-refractivity contribution >= 4 is 21.4 Å². The molecule has 1 atom stereocenters. The molecule has 0 aliphatic carbocycles. The lowest BCUT2D eigenvalue weighted by molar-refractivity contribution is 0.0982. The van der Waals surface area contributed by atoms with Gasteiger partial charge < -0.3 is 19.1 Å². The molecule has 140 valence electrons. The molecule has 2 aromatic carbocycles. The zero-order valence-electron chi connectivity index (χ0n) is 14.5. The second-order valence-electron chi connectivity index (χ2n) is 6.17. The van der Waals surface area contributed by atoms with Gasteiger partial charge in [-0.15, -0.1) is 0 Å². The summed E-state index contributed by atoms with van der Waals surface area (Å²) in [5.74, 6) is 1.22. The van der Waals surface area contributed by atoms with Crippen LogP contribution in [0.15, 0.2) is 53.9 Å². The monoisotopic (exact) mass is 387 g/mol. The van der Waals surface area contributed by atoms with E-state index in [9.17, 15) is 13.2 Å². The molecule has 0 fully saturated rings. The minimum atomic E-state index is -3.33. The Balaban J connectivity index is 1.72. The molecule has 8 heteroatoms. The molecular formula is C19H17NO6S. The van der Waals surface area contributed by atoms with Gasteiger partial charge in [-0.05, 0) is 48.5 Å². The van der Waals surface area contributed by atoms with Crippen molar-refractivity contribution in [3.63, 3.8) is 0 Å². The van der Waals surface area contributed by atoms with Gasteiger partial charge >= 0.3 is 0 Å². The highest BCUT2D eigenvalue weighted by molar-refractivity contribution is 7.94. The fourth-order valence-corrected chi connectivity index (χ4v) is 4.36. The maximum Gasteiger partial charge on any atom is 0.258 e. The van der Waals surface area contributed by atoms with Gasteiger partial charge in [0, 0.05) is 16.7 Å². The first kappa shape index (κ1) is 17.4. The zero-order chi connectivity index (χ0) is 19.0. The predicted octanol–water partition coefficient (Wildman–Crippen LogP) is 2.38. The molecule has 7 nitrogen and oxygen atoms in total. The summed E-state index contributed by atoms with van der Waals surface area (Å²) in [5.41, 5.74) is 0.956. The number of sulfone groups is 1. The van der Waals surface area contributed by atoms with E-state index < -0.39 is 15.9 Å². The predicted molar refractivity (Wildman–Crippen MR) is 99.1 cm³/mol. The Morgan fingerprint density at radius 2 is 1.85 bits per heavy atom. The number of hydrogen-bond donors (Lipinski definition) is 0. The van der Waals surface area contributed by atoms with Crippen LogP contribution in [-0.4, -0.2) is 40.0 Å². The highest BCUT2D eigenvalue weighted by atomic mass is 32.2. The number of benzene rings is 2. The van der Waals surface area contributed by atoms with Crippen molar-refractivity contribution < 1.29 is 27.4 Å². The van der Waals surface area contributed by atoms with Crippen LogP contribution in [0.1, 0.15) is 10.4 Å². The van der Waals surface area contributed by atoms with E-state index in [1.165, 1.54) is 11.0 Å². The molecule has 0 spiro atoms. The Morgan fingerprint density at radius 1 is 1.11 bits per heavy atom. The number of anilines is 1. The lowest BCUT2D eigenvalue weighted by Gasteiger charge is -2.28. The molecule has 2 aliphatic rings. The van der Waals surface area contributed by atoms with E-state index in [0.717, 1.165) is 5.41 Å². The van der Waals surface area contributed by atoms with Crippen LogP contribution in [-0.2, 0) is 9.84 Å². The van der Waals surface area contributed by atoms with Crippen molar-refractivity contribution in [1.82, 2.24) is 0 Å². The Kier molecular flexibility index (Phi) is 4.27. The van der Waals surface area contributed by atoms with Crippen molar-refractivity contribution in [3.8, 4) is 17.2 Å². The van der Waals surface area contributed by atoms with E-state index in [4.69, 9.17) is 14.2 Å². The van der Waals surface area contributed by atoms with Crippen LogP contribution in [0.2, 0.25) is 0 Å². The number of amides is 1. The molecule has 1 amide bonds. The van der Waals surface area contributed by atoms with Crippen molar-refractivity contribution in [2.75, 3.05) is 24.6 Å². The van der Waals surface area contributed by atoms with E-state index in [-0.39, 0.29) is 18.5 Å². The van der Waals surface area contributed by atoms with Crippen LogP contribution in [0, 0.1) is 0 Å². The molecule has 0 saturated heterocycles. The third kappa shape index (κ3) is 3.35. The van der Waals surface area contributed by atoms with Gasteiger partial charge in [0.2, 0.25) is 6.79 Å². The standard InChI is InChI=1S/C19H17NO6S/c1-24-16-5-3-14(4-6-16)20(15-8-9-27(22,23)11-15)19(21)13-2-7-17-18(10-13)26-12-25-17/h2-10,15H,11-12H2,1H3/t15-/m0/s1. The summed E-state index contributed by atoms with van der Waals surface area (Å²) in [6, 6.07) is 11.2. The summed E-state index contributed by atoms with van der Waals surface area (Å²) in [6.07, 6.45) is 1.53. The van der Waals surface area contributed by atoms with E-state index >= 15 is 0 Å². The summed E-state index contributed by atoms with van der Waals surface area (Å²) in [5, 5.41) is 1.15. The van der Waals surface area contributed by atoms with E-state index in [1.807, 2.05) is 0 Å². The lowest BCUT2D eigenvalue weighted by Crippen LogP contribution is -2.41. The molecule has 0 saturated carbocycles. The summed E-state index contributed by atoms with van der Waals surface area (Å²) >= 11 is 0. The van der Waals surface area contributed by atoms with Crippen LogP contribution < -0.4 is 19.1 Å². The second kappa shape index (κ2) is 6.62. The number of ether oxygens (including phenoxy) is 3. The fraction of sp³-hybridized carbons (Fsp3) is 0.211. The summed E-state index contributed by atoms with van der Waals surface area (Å²) < 4.78 is 39.6. The number of carbonyl (C=O) groups is 1. The van der Waals surface area contributed by atoms with Gasteiger partial charge in [0.15, 0.2) is 21.3 Å². The van der Waals surface area contributed by atoms with Crippen LogP contribution in [0.25, 0.3) is 0 Å². The summed E-state index contributed by atoms with van der Waals surface area (Å²) in [4.78, 5) is 14.7. The quantitative estimate of drug-likeness (QED) is 0.801. The average molecular weight is 387 g/mol. The average Bonchev–Trinajstić information content (AvgIpc) is 3.27. The van der Waals surface area contributed by atoms with Crippen molar-refractivity contribution in [3.05, 3.63) is 59.5 Å². The number of rotatable bonds is 4. The molecule has 0 unspecified atom stereocenters. The van der Waals surface area contributed by atoms with E-state index in [2.05, 4.69) is 0 Å². The number of fused-ring (bicyclic) bond motifs is 1. The lowest BCUT2D eigenvalue weighted by atomic mass is 10.1. The van der Waals surface area contributed by atoms with Crippen LogP contribution in [0.3, 0.4) is 0 Å². The Labute approximate surface area is 156 Å². The van der Waals surface area contributed by atoms with Gasteiger partial charge in [0.1, 0.15) is 5.75 Å². The number of methoxy groups -OCH3 is 1. The van der Waals surface area contributed by atoms with E-state index in [0.29, 0.717) is 28.5 Å². The van der Waals surface area contributed by atoms with Crippen LogP contribution >= 0.6 is 0 Å². The van der Waals surface area contributed by atoms with Crippen molar-refractivity contribution in [1.29, 1.82) is 0 Å². The molecule has 0 N–H and O–H groups in total. The maximum absolute atomic E-state index is 13.3. The van der Waals surface area contributed by atoms with Gasteiger partial charge in [0.05, 0.1) is 18.9 Å². The van der Waals surface area contributed by atoms with Crippen LogP contribution in [0.4, 0.5) is 5.69 Å². The molecule has 2 aromatic rings. The molecule has 0 aromatic heterocycles. The maximum atomic E-state index is 13.3. The third-order valence-corrected chi connectivity index (χ3v) is 5.81. The molecule has 4 rings (SSSR count). The topological polar surface area (TPSA) is 82.1 Å². The highest BCUT2D eigenvalue weighted by Gasteiger charge is 2.32. The van der Waals surface area contributed by atoms with Gasteiger partial charge in [0.25, 0.3) is 5.91 Å². The minimum absolute atomic E-state index is 0.110. The molecule has 0 bridgehead atoms. The molecular weight excluding hydrogens is 370 g/mol. The molecule has 27 heavy (non-hydrogen) atoms. The Morgan fingerprint density at radius 3 is 2.52 bits per heavy atom. The molecule has 2 heterocycles. The smallest absolute Gasteiger partial charge is 0.258 e. The van der Waals surface area contributed by atoms with Gasteiger partial charge in [-0.1, -0.05) is 0 Å². The number of nitrogens with zero attached hydrogens (tertiary/aromatic N) is 1. The number of carbonyl (C=O) groups excluding carboxylic acids is 1. The first-order valence-corrected chi connectivity index (χ1v) is 9.96. The molecule has 0 radical (unpaired) electrons. The normalized spacial score (nSPS) is 19.1. The zero-order valence-corrected chi connectivity index (χ0v) is 15.3. The number of hydrogen-bond acceptors (Lipinski definition) is 6. The Hall–Kier alpha value is -3.00. The molecule has 2 aliphatic heterocycles.